The molecule has 3 fully saturated rings. The van der Waals surface area contributed by atoms with Crippen LogP contribution in [0.3, 0.4) is 0 Å². The molecule has 8 heteroatoms. The van der Waals surface area contributed by atoms with Crippen molar-refractivity contribution in [1.82, 2.24) is 9.80 Å². The average Bonchev–Trinajstić information content (AvgIpc) is 3.55. The Labute approximate surface area is 324 Å². The van der Waals surface area contributed by atoms with Crippen molar-refractivity contribution in [2.75, 3.05) is 55.6 Å². The van der Waals surface area contributed by atoms with Crippen LogP contribution in [0.5, 0.6) is 5.75 Å². The molecule has 1 amide bonds. The first-order chi connectivity index (χ1) is 26.7. The molecule has 2 saturated heterocycles. The summed E-state index contributed by atoms with van der Waals surface area (Å²) in [5.41, 5.74) is 8.55. The number of rotatable bonds is 7. The monoisotopic (exact) mass is 736 g/mol. The van der Waals surface area contributed by atoms with Gasteiger partial charge in [0.15, 0.2) is 5.78 Å². The van der Waals surface area contributed by atoms with E-state index in [1.807, 2.05) is 25.1 Å². The number of nitrogens with zero attached hydrogens (tertiary/aromatic N) is 4. The first kappa shape index (κ1) is 35.7. The number of phenols is 1. The average molecular weight is 737 g/mol. The van der Waals surface area contributed by atoms with Gasteiger partial charge >= 0.3 is 0 Å². The molecule has 284 valence electrons. The highest BCUT2D eigenvalue weighted by Gasteiger charge is 2.48. The van der Waals surface area contributed by atoms with E-state index >= 15 is 0 Å². The molecule has 3 atom stereocenters. The van der Waals surface area contributed by atoms with Gasteiger partial charge in [0.1, 0.15) is 17.1 Å². The number of piperazine rings is 1. The molecule has 2 aliphatic carbocycles. The molecular formula is C47H52N4O4. The molecule has 4 aromatic carbocycles. The number of carbonyl (C=O) groups is 3. The molecule has 55 heavy (non-hydrogen) atoms. The third-order valence-electron chi connectivity index (χ3n) is 13.6. The smallest absolute Gasteiger partial charge is 0.255 e. The van der Waals surface area contributed by atoms with Crippen LogP contribution in [0.4, 0.5) is 11.4 Å². The predicted octanol–water partition coefficient (Wildman–Crippen LogP) is 7.33. The van der Waals surface area contributed by atoms with Gasteiger partial charge in [-0.1, -0.05) is 48.5 Å². The minimum atomic E-state index is -0.904. The summed E-state index contributed by atoms with van der Waals surface area (Å²) in [4.78, 5) is 47.5. The minimum absolute atomic E-state index is 0.0248. The Morgan fingerprint density at radius 1 is 0.709 bits per heavy atom. The van der Waals surface area contributed by atoms with Gasteiger partial charge in [-0.15, -0.1) is 0 Å². The molecular weight excluding hydrogens is 685 g/mol. The largest absolute Gasteiger partial charge is 0.508 e. The lowest BCUT2D eigenvalue weighted by Crippen LogP contribution is -2.55. The number of phenolic OH excluding ortho intramolecular Hbond substituents is 1. The molecule has 1 saturated carbocycles. The summed E-state index contributed by atoms with van der Waals surface area (Å²) in [7, 11) is 0. The van der Waals surface area contributed by atoms with E-state index in [4.69, 9.17) is 0 Å². The highest BCUT2D eigenvalue weighted by atomic mass is 16.3. The van der Waals surface area contributed by atoms with Crippen molar-refractivity contribution < 1.29 is 19.5 Å². The lowest BCUT2D eigenvalue weighted by Gasteiger charge is -2.40. The van der Waals surface area contributed by atoms with E-state index in [1.54, 1.807) is 4.90 Å². The first-order valence-electron chi connectivity index (χ1n) is 20.4. The molecule has 0 radical (unpaired) electrons. The van der Waals surface area contributed by atoms with Gasteiger partial charge in [0.2, 0.25) is 0 Å². The van der Waals surface area contributed by atoms with Crippen molar-refractivity contribution in [2.45, 2.75) is 75.8 Å². The number of hydrogen-bond donors (Lipinski definition) is 1. The van der Waals surface area contributed by atoms with E-state index in [1.165, 1.54) is 40.8 Å². The molecule has 9 rings (SSSR count). The summed E-state index contributed by atoms with van der Waals surface area (Å²) in [6.07, 6.45) is 5.14. The number of piperidine rings is 1. The van der Waals surface area contributed by atoms with Crippen molar-refractivity contribution in [1.29, 1.82) is 0 Å². The van der Waals surface area contributed by atoms with Gasteiger partial charge in [-0.3, -0.25) is 19.3 Å². The molecule has 1 N–H and O–H groups in total. The Bertz CT molecular complexity index is 2080. The SMILES string of the molecule is C[C@]1(N2Cc3cc(N4CCN(CC5CCN(c6ccc([C@@H]7c8ccc(O)cc8CC[C@@H]7c7ccccc7)cc6)CC5)CC4)ccc3C2=O)CCC(=O)CC1=O. The van der Waals surface area contributed by atoms with Crippen molar-refractivity contribution in [2.24, 2.45) is 5.92 Å². The van der Waals surface area contributed by atoms with Gasteiger partial charge < -0.3 is 19.8 Å². The normalized spacial score (nSPS) is 25.0. The van der Waals surface area contributed by atoms with Crippen LogP contribution in [-0.2, 0) is 22.6 Å². The molecule has 5 aliphatic rings. The summed E-state index contributed by atoms with van der Waals surface area (Å²) in [6, 6.07) is 32.4. The van der Waals surface area contributed by atoms with Crippen LogP contribution in [0.1, 0.15) is 95.5 Å². The van der Waals surface area contributed by atoms with Crippen molar-refractivity contribution in [3.63, 3.8) is 0 Å². The third-order valence-corrected chi connectivity index (χ3v) is 13.6. The van der Waals surface area contributed by atoms with E-state index in [0.29, 0.717) is 42.5 Å². The van der Waals surface area contributed by atoms with Gasteiger partial charge in [-0.2, -0.15) is 0 Å². The Hall–Kier alpha value is -4.95. The maximum absolute atomic E-state index is 13.4. The number of carbonyl (C=O) groups excluding carboxylic acids is 3. The third kappa shape index (κ3) is 6.83. The molecule has 8 nitrogen and oxygen atoms in total. The molecule has 0 spiro atoms. The van der Waals surface area contributed by atoms with Crippen LogP contribution in [0.15, 0.2) is 91.0 Å². The molecule has 4 aromatic rings. The first-order valence-corrected chi connectivity index (χ1v) is 20.4. The lowest BCUT2D eigenvalue weighted by atomic mass is 9.69. The number of hydrogen-bond acceptors (Lipinski definition) is 7. The summed E-state index contributed by atoms with van der Waals surface area (Å²) in [5.74, 6) is 1.46. The van der Waals surface area contributed by atoms with E-state index in [2.05, 4.69) is 87.5 Å². The topological polar surface area (TPSA) is 84.4 Å². The van der Waals surface area contributed by atoms with Gasteiger partial charge in [0, 0.05) is 81.6 Å². The maximum Gasteiger partial charge on any atom is 0.255 e. The van der Waals surface area contributed by atoms with Gasteiger partial charge in [-0.25, -0.2) is 0 Å². The number of anilines is 2. The minimum Gasteiger partial charge on any atom is -0.508 e. The molecule has 0 aromatic heterocycles. The molecule has 3 aliphatic heterocycles. The zero-order chi connectivity index (χ0) is 37.7. The van der Waals surface area contributed by atoms with E-state index in [0.717, 1.165) is 69.9 Å². The fourth-order valence-electron chi connectivity index (χ4n) is 10.3. The highest BCUT2D eigenvalue weighted by Crippen LogP contribution is 2.47. The van der Waals surface area contributed by atoms with Crippen molar-refractivity contribution in [3.05, 3.63) is 124 Å². The summed E-state index contributed by atoms with van der Waals surface area (Å²) >= 11 is 0. The van der Waals surface area contributed by atoms with E-state index in [-0.39, 0.29) is 29.8 Å². The second-order valence-electron chi connectivity index (χ2n) is 16.9. The lowest BCUT2D eigenvalue weighted by molar-refractivity contribution is -0.138. The Balaban J connectivity index is 0.784. The zero-order valence-corrected chi connectivity index (χ0v) is 32.0. The fourth-order valence-corrected chi connectivity index (χ4v) is 10.3. The van der Waals surface area contributed by atoms with Crippen LogP contribution in [0.2, 0.25) is 0 Å². The fraction of sp³-hybridized carbons (Fsp3) is 0.426. The number of Topliss-reactive ketones (excluding diaryl/α,β-unsaturated/α-hetero) is 2. The Kier molecular flexibility index (Phi) is 9.49. The highest BCUT2D eigenvalue weighted by molar-refractivity contribution is 6.09. The van der Waals surface area contributed by atoms with Crippen LogP contribution in [-0.4, -0.2) is 83.7 Å². The van der Waals surface area contributed by atoms with E-state index in [9.17, 15) is 19.5 Å². The molecule has 3 heterocycles. The predicted molar refractivity (Wildman–Crippen MR) is 216 cm³/mol. The number of benzene rings is 4. The Morgan fingerprint density at radius 2 is 1.44 bits per heavy atom. The summed E-state index contributed by atoms with van der Waals surface area (Å²) < 4.78 is 0. The molecule has 0 unspecified atom stereocenters. The number of aryl methyl sites for hydroxylation is 1. The molecule has 0 bridgehead atoms. The quantitative estimate of drug-likeness (QED) is 0.199. The zero-order valence-electron chi connectivity index (χ0n) is 32.0. The van der Waals surface area contributed by atoms with Gasteiger partial charge in [-0.05, 0) is 121 Å². The van der Waals surface area contributed by atoms with Gasteiger partial charge in [0.25, 0.3) is 5.91 Å². The van der Waals surface area contributed by atoms with E-state index < -0.39 is 5.54 Å². The number of fused-ring (bicyclic) bond motifs is 2. The van der Waals surface area contributed by atoms with Gasteiger partial charge in [0.05, 0.1) is 6.42 Å². The number of aromatic hydroxyl groups is 1. The van der Waals surface area contributed by atoms with Crippen molar-refractivity contribution in [3.8, 4) is 5.75 Å². The second kappa shape index (κ2) is 14.6. The van der Waals surface area contributed by atoms with Crippen LogP contribution in [0.25, 0.3) is 0 Å². The number of ketones is 2. The van der Waals surface area contributed by atoms with Crippen molar-refractivity contribution >= 4 is 28.8 Å². The maximum atomic E-state index is 13.4. The summed E-state index contributed by atoms with van der Waals surface area (Å²) in [6.45, 7) is 9.52. The number of amides is 1. The van der Waals surface area contributed by atoms with Crippen LogP contribution < -0.4 is 9.80 Å². The summed E-state index contributed by atoms with van der Waals surface area (Å²) in [5, 5.41) is 10.2. The standard InChI is InChI=1S/C47H52N4O4/c1-47(20-17-40(53)29-44(47)54)51-31-36-27-38(12-15-43(36)46(51)55)50-25-23-48(24-26-50)30-32-18-21-49(22-19-32)37-10-7-34(8-11-37)45-41(33-5-3-2-4-6-33)14-9-35-28-39(52)13-16-42(35)45/h2-8,10-13,15-16,27-28,32,41,45,52H,9,14,17-26,29-31H2,1H3/t41-,45+,47+/m1/s1. The Morgan fingerprint density at radius 3 is 2.18 bits per heavy atom. The van der Waals surface area contributed by atoms with Crippen LogP contribution >= 0.6 is 0 Å². The van der Waals surface area contributed by atoms with Crippen LogP contribution in [0, 0.1) is 5.92 Å². The second-order valence-corrected chi connectivity index (χ2v) is 16.9.